The van der Waals surface area contributed by atoms with Gasteiger partial charge in [-0.25, -0.2) is 0 Å². The minimum absolute atomic E-state index is 0. The van der Waals surface area contributed by atoms with Crippen LogP contribution in [0.1, 0.15) is 43.0 Å². The molecule has 3 rings (SSSR count). The molecule has 0 aliphatic carbocycles. The van der Waals surface area contributed by atoms with Crippen LogP contribution in [0.3, 0.4) is 0 Å². The highest BCUT2D eigenvalue weighted by atomic mass is 35.5. The first kappa shape index (κ1) is 20.7. The molecule has 2 aliphatic heterocycles. The van der Waals surface area contributed by atoms with E-state index in [0.29, 0.717) is 18.0 Å². The molecule has 1 aromatic carbocycles. The molecule has 26 heavy (non-hydrogen) atoms. The summed E-state index contributed by atoms with van der Waals surface area (Å²) in [5.74, 6) is 0.631. The zero-order valence-corrected chi connectivity index (χ0v) is 16.3. The number of benzene rings is 1. The van der Waals surface area contributed by atoms with Crippen molar-refractivity contribution in [2.45, 2.75) is 32.6 Å². The molecule has 2 amide bonds. The van der Waals surface area contributed by atoms with Crippen LogP contribution >= 0.6 is 12.4 Å². The van der Waals surface area contributed by atoms with Crippen molar-refractivity contribution in [1.29, 1.82) is 0 Å². The van der Waals surface area contributed by atoms with Crippen molar-refractivity contribution in [2.75, 3.05) is 32.7 Å². The third kappa shape index (κ3) is 4.98. The Labute approximate surface area is 162 Å². The normalized spacial score (nSPS) is 25.9. The number of carbonyl (C=O) groups is 2. The van der Waals surface area contributed by atoms with Crippen molar-refractivity contribution in [3.63, 3.8) is 0 Å². The van der Waals surface area contributed by atoms with Crippen LogP contribution in [-0.4, -0.2) is 49.4 Å². The summed E-state index contributed by atoms with van der Waals surface area (Å²) in [6.07, 6.45) is 4.05. The van der Waals surface area contributed by atoms with E-state index in [9.17, 15) is 9.59 Å². The molecule has 2 atom stereocenters. The number of nitrogens with zero attached hydrogens (tertiary/aromatic N) is 1. The molecule has 2 unspecified atom stereocenters. The van der Waals surface area contributed by atoms with Crippen molar-refractivity contribution in [3.8, 4) is 0 Å². The highest BCUT2D eigenvalue weighted by Gasteiger charge is 2.39. The first-order valence-electron chi connectivity index (χ1n) is 9.42. The van der Waals surface area contributed by atoms with Gasteiger partial charge in [-0.3, -0.25) is 9.59 Å². The van der Waals surface area contributed by atoms with Gasteiger partial charge in [-0.1, -0.05) is 18.2 Å². The standard InChI is InChI=1S/C20H29N3O2.ClH/c1-20(19(25)22-14-16-7-5-11-21-13-16)10-6-12-23(15-20)18(24)17-8-3-2-4-9-17;/h2-4,8-9,16,21H,5-7,10-15H2,1H3,(H,22,25);1H. The van der Waals surface area contributed by atoms with Crippen LogP contribution in [0.4, 0.5) is 0 Å². The van der Waals surface area contributed by atoms with Crippen molar-refractivity contribution < 1.29 is 9.59 Å². The first-order valence-corrected chi connectivity index (χ1v) is 9.42. The fraction of sp³-hybridized carbons (Fsp3) is 0.600. The molecule has 6 heteroatoms. The van der Waals surface area contributed by atoms with Gasteiger partial charge in [0.15, 0.2) is 0 Å². The van der Waals surface area contributed by atoms with Crippen LogP contribution in [0.15, 0.2) is 30.3 Å². The Morgan fingerprint density at radius 1 is 1.27 bits per heavy atom. The van der Waals surface area contributed by atoms with Crippen LogP contribution in [-0.2, 0) is 4.79 Å². The lowest BCUT2D eigenvalue weighted by Crippen LogP contribution is -2.53. The lowest BCUT2D eigenvalue weighted by molar-refractivity contribution is -0.132. The molecular weight excluding hydrogens is 350 g/mol. The smallest absolute Gasteiger partial charge is 0.253 e. The summed E-state index contributed by atoms with van der Waals surface area (Å²) in [5.41, 5.74) is 0.200. The molecular formula is C20H30ClN3O2. The predicted molar refractivity (Wildman–Crippen MR) is 106 cm³/mol. The van der Waals surface area contributed by atoms with Gasteiger partial charge in [-0.15, -0.1) is 12.4 Å². The average molecular weight is 380 g/mol. The SMILES string of the molecule is CC1(C(=O)NCC2CCCNC2)CCCN(C(=O)c2ccccc2)C1.Cl. The second-order valence-corrected chi connectivity index (χ2v) is 7.68. The Balaban J connectivity index is 0.00000243. The summed E-state index contributed by atoms with van der Waals surface area (Å²) in [7, 11) is 0. The van der Waals surface area contributed by atoms with Crippen LogP contribution in [0.2, 0.25) is 0 Å². The topological polar surface area (TPSA) is 61.4 Å². The Morgan fingerprint density at radius 2 is 2.04 bits per heavy atom. The van der Waals surface area contributed by atoms with Gasteiger partial charge in [0.1, 0.15) is 0 Å². The number of hydrogen-bond donors (Lipinski definition) is 2. The Kier molecular flexibility index (Phi) is 7.47. The minimum atomic E-state index is -0.495. The second-order valence-electron chi connectivity index (χ2n) is 7.68. The molecule has 5 nitrogen and oxygen atoms in total. The third-order valence-corrected chi connectivity index (χ3v) is 5.50. The van der Waals surface area contributed by atoms with E-state index in [1.54, 1.807) is 0 Å². The average Bonchev–Trinajstić information content (AvgIpc) is 2.67. The molecule has 0 radical (unpaired) electrons. The molecule has 0 spiro atoms. The molecule has 0 aromatic heterocycles. The van der Waals surface area contributed by atoms with Crippen molar-refractivity contribution in [3.05, 3.63) is 35.9 Å². The third-order valence-electron chi connectivity index (χ3n) is 5.50. The van der Waals surface area contributed by atoms with E-state index in [-0.39, 0.29) is 24.2 Å². The Morgan fingerprint density at radius 3 is 2.73 bits per heavy atom. The van der Waals surface area contributed by atoms with E-state index in [1.807, 2.05) is 42.2 Å². The van der Waals surface area contributed by atoms with E-state index in [2.05, 4.69) is 10.6 Å². The van der Waals surface area contributed by atoms with Crippen molar-refractivity contribution in [1.82, 2.24) is 15.5 Å². The molecule has 144 valence electrons. The van der Waals surface area contributed by atoms with E-state index in [1.165, 1.54) is 12.8 Å². The van der Waals surface area contributed by atoms with Gasteiger partial charge in [-0.05, 0) is 63.7 Å². The highest BCUT2D eigenvalue weighted by molar-refractivity contribution is 5.95. The first-order chi connectivity index (χ1) is 12.1. The maximum atomic E-state index is 12.8. The van der Waals surface area contributed by atoms with E-state index in [0.717, 1.165) is 39.0 Å². The van der Waals surface area contributed by atoms with E-state index in [4.69, 9.17) is 0 Å². The molecule has 2 fully saturated rings. The van der Waals surface area contributed by atoms with Crippen LogP contribution < -0.4 is 10.6 Å². The summed E-state index contributed by atoms with van der Waals surface area (Å²) in [4.78, 5) is 27.3. The molecule has 2 saturated heterocycles. The Hall–Kier alpha value is -1.59. The number of nitrogens with one attached hydrogen (secondary N) is 2. The summed E-state index contributed by atoms with van der Waals surface area (Å²) >= 11 is 0. The maximum Gasteiger partial charge on any atom is 0.253 e. The second kappa shape index (κ2) is 9.38. The molecule has 2 N–H and O–H groups in total. The summed E-state index contributed by atoms with van der Waals surface area (Å²) in [5, 5.41) is 6.53. The predicted octanol–water partition coefficient (Wildman–Crippen LogP) is 2.47. The minimum Gasteiger partial charge on any atom is -0.355 e. The highest BCUT2D eigenvalue weighted by Crippen LogP contribution is 2.30. The van der Waals surface area contributed by atoms with Gasteiger partial charge >= 0.3 is 0 Å². The van der Waals surface area contributed by atoms with E-state index < -0.39 is 5.41 Å². The summed E-state index contributed by atoms with van der Waals surface area (Å²) in [6.45, 7) is 6.01. The molecule has 2 aliphatic rings. The lowest BCUT2D eigenvalue weighted by atomic mass is 9.80. The zero-order valence-electron chi connectivity index (χ0n) is 15.5. The number of piperidine rings is 2. The van der Waals surface area contributed by atoms with Crippen LogP contribution in [0.5, 0.6) is 0 Å². The number of amides is 2. The van der Waals surface area contributed by atoms with E-state index >= 15 is 0 Å². The van der Waals surface area contributed by atoms with Gasteiger partial charge < -0.3 is 15.5 Å². The molecule has 0 saturated carbocycles. The number of carbonyl (C=O) groups excluding carboxylic acids is 2. The van der Waals surface area contributed by atoms with Gasteiger partial charge in [0.05, 0.1) is 5.41 Å². The summed E-state index contributed by atoms with van der Waals surface area (Å²) in [6, 6.07) is 9.34. The van der Waals surface area contributed by atoms with Crippen LogP contribution in [0, 0.1) is 11.3 Å². The number of rotatable bonds is 4. The number of likely N-dealkylation sites (tertiary alicyclic amines) is 1. The Bertz CT molecular complexity index is 604. The zero-order chi connectivity index (χ0) is 17.7. The van der Waals surface area contributed by atoms with Crippen LogP contribution in [0.25, 0.3) is 0 Å². The van der Waals surface area contributed by atoms with Crippen molar-refractivity contribution >= 4 is 24.2 Å². The van der Waals surface area contributed by atoms with Gasteiger partial charge in [0.25, 0.3) is 5.91 Å². The molecule has 2 heterocycles. The fourth-order valence-electron chi connectivity index (χ4n) is 3.91. The lowest BCUT2D eigenvalue weighted by Gasteiger charge is -2.39. The van der Waals surface area contributed by atoms with Gasteiger partial charge in [-0.2, -0.15) is 0 Å². The molecule has 0 bridgehead atoms. The van der Waals surface area contributed by atoms with Gasteiger partial charge in [0, 0.05) is 25.2 Å². The maximum absolute atomic E-state index is 12.8. The largest absolute Gasteiger partial charge is 0.355 e. The quantitative estimate of drug-likeness (QED) is 0.844. The van der Waals surface area contributed by atoms with Gasteiger partial charge in [0.2, 0.25) is 5.91 Å². The summed E-state index contributed by atoms with van der Waals surface area (Å²) < 4.78 is 0. The monoisotopic (exact) mass is 379 g/mol. The van der Waals surface area contributed by atoms with Crippen molar-refractivity contribution in [2.24, 2.45) is 11.3 Å². The fourth-order valence-corrected chi connectivity index (χ4v) is 3.91. The molecule has 1 aromatic rings. The number of hydrogen-bond acceptors (Lipinski definition) is 3. The number of halogens is 1.